The number of fused-ring (bicyclic) bond motifs is 1. The highest BCUT2D eigenvalue weighted by Gasteiger charge is 2.22. The zero-order chi connectivity index (χ0) is 34.2. The molecule has 252 valence electrons. The Morgan fingerprint density at radius 2 is 1.83 bits per heavy atom. The molecule has 1 aliphatic heterocycles. The number of methoxy groups -OCH3 is 1. The van der Waals surface area contributed by atoms with E-state index in [2.05, 4.69) is 20.4 Å². The lowest BCUT2D eigenvalue weighted by Crippen LogP contribution is -2.44. The largest absolute Gasteiger partial charge is 0.486 e. The van der Waals surface area contributed by atoms with Crippen molar-refractivity contribution in [1.82, 2.24) is 19.8 Å². The van der Waals surface area contributed by atoms with E-state index < -0.39 is 41.1 Å². The first-order valence-electron chi connectivity index (χ1n) is 15.3. The molecule has 14 heteroatoms. The fourth-order valence-corrected chi connectivity index (χ4v) is 5.35. The maximum Gasteiger partial charge on any atom is 0.407 e. The number of ether oxygens (including phenoxy) is 2. The Balaban J connectivity index is 1.27. The highest BCUT2D eigenvalue weighted by atomic mass is 19.1. The molecule has 0 spiro atoms. The van der Waals surface area contributed by atoms with Crippen molar-refractivity contribution in [2.24, 2.45) is 0 Å². The quantitative estimate of drug-likeness (QED) is 0.183. The molecule has 1 atom stereocenters. The molecule has 0 unspecified atom stereocenters. The molecular formula is C34H34F3N5O6. The summed E-state index contributed by atoms with van der Waals surface area (Å²) in [4.78, 5) is 55.6. The van der Waals surface area contributed by atoms with Crippen LogP contribution in [0, 0.1) is 17.5 Å². The number of carbonyl (C=O) groups is 3. The third kappa shape index (κ3) is 8.43. The van der Waals surface area contributed by atoms with Gasteiger partial charge in [-0.1, -0.05) is 6.08 Å². The van der Waals surface area contributed by atoms with Crippen LogP contribution in [0.2, 0.25) is 0 Å². The average molecular weight is 666 g/mol. The Kier molecular flexibility index (Phi) is 10.8. The van der Waals surface area contributed by atoms with Crippen molar-refractivity contribution in [3.63, 3.8) is 0 Å². The second-order valence-corrected chi connectivity index (χ2v) is 11.2. The fraction of sp³-hybridized carbons (Fsp3) is 0.294. The molecule has 3 heterocycles. The molecule has 3 N–H and O–H groups in total. The molecule has 1 aliphatic rings. The summed E-state index contributed by atoms with van der Waals surface area (Å²) in [6, 6.07) is 9.00. The normalized spacial score (nSPS) is 13.5. The molecule has 48 heavy (non-hydrogen) atoms. The minimum Gasteiger partial charge on any atom is -0.486 e. The number of benzene rings is 2. The predicted molar refractivity (Wildman–Crippen MR) is 171 cm³/mol. The highest BCUT2D eigenvalue weighted by molar-refractivity contribution is 5.96. The SMILES string of the molecule is COC(=O)N[C@@H](CC/C=C/C(=O)N1CCCC1)C(=O)Nc1cccn(Cc2cc3cc(F)cc(OCc4ccc(F)cc4F)c3[nH]2)c1=O. The summed E-state index contributed by atoms with van der Waals surface area (Å²) in [7, 11) is 1.16. The summed E-state index contributed by atoms with van der Waals surface area (Å²) >= 11 is 0. The van der Waals surface area contributed by atoms with Crippen molar-refractivity contribution in [3.05, 3.63) is 106 Å². The van der Waals surface area contributed by atoms with Crippen LogP contribution in [-0.2, 0) is 27.5 Å². The van der Waals surface area contributed by atoms with Crippen molar-refractivity contribution in [2.75, 3.05) is 25.5 Å². The lowest BCUT2D eigenvalue weighted by molar-refractivity contribution is -0.125. The van der Waals surface area contributed by atoms with Crippen molar-refractivity contribution in [3.8, 4) is 5.75 Å². The van der Waals surface area contributed by atoms with Crippen LogP contribution in [0.15, 0.2) is 71.7 Å². The van der Waals surface area contributed by atoms with E-state index in [1.807, 2.05) is 0 Å². The van der Waals surface area contributed by atoms with E-state index in [1.54, 1.807) is 23.1 Å². The van der Waals surface area contributed by atoms with Gasteiger partial charge in [-0.25, -0.2) is 18.0 Å². The first-order chi connectivity index (χ1) is 23.1. The Morgan fingerprint density at radius 1 is 1.04 bits per heavy atom. The van der Waals surface area contributed by atoms with Gasteiger partial charge in [0.1, 0.15) is 41.5 Å². The van der Waals surface area contributed by atoms with Gasteiger partial charge < -0.3 is 34.6 Å². The van der Waals surface area contributed by atoms with Crippen LogP contribution in [0.5, 0.6) is 5.75 Å². The number of anilines is 1. The van der Waals surface area contributed by atoms with Crippen LogP contribution >= 0.6 is 0 Å². The fourth-order valence-electron chi connectivity index (χ4n) is 5.35. The van der Waals surface area contributed by atoms with Crippen LogP contribution in [-0.4, -0.2) is 58.6 Å². The number of pyridine rings is 1. The zero-order valence-corrected chi connectivity index (χ0v) is 26.1. The van der Waals surface area contributed by atoms with Gasteiger partial charge in [0.05, 0.1) is 19.2 Å². The van der Waals surface area contributed by atoms with Crippen molar-refractivity contribution in [1.29, 1.82) is 0 Å². The molecule has 11 nitrogen and oxygen atoms in total. The van der Waals surface area contributed by atoms with E-state index in [-0.39, 0.29) is 42.5 Å². The summed E-state index contributed by atoms with van der Waals surface area (Å²) < 4.78 is 53.4. The molecule has 0 aliphatic carbocycles. The first-order valence-corrected chi connectivity index (χ1v) is 15.3. The van der Waals surface area contributed by atoms with Gasteiger partial charge in [-0.3, -0.25) is 14.4 Å². The van der Waals surface area contributed by atoms with Crippen LogP contribution in [0.25, 0.3) is 10.9 Å². The molecule has 1 fully saturated rings. The Bertz CT molecular complexity index is 1900. The maximum atomic E-state index is 14.4. The average Bonchev–Trinajstić information content (AvgIpc) is 3.74. The minimum absolute atomic E-state index is 0.00452. The van der Waals surface area contributed by atoms with E-state index in [0.29, 0.717) is 36.1 Å². The molecular weight excluding hydrogens is 631 g/mol. The highest BCUT2D eigenvalue weighted by Crippen LogP contribution is 2.29. The molecule has 2 aromatic carbocycles. The molecule has 0 bridgehead atoms. The van der Waals surface area contributed by atoms with Gasteiger partial charge in [0.15, 0.2) is 0 Å². The number of aromatic nitrogens is 2. The van der Waals surface area contributed by atoms with Crippen LogP contribution in [0.4, 0.5) is 23.7 Å². The minimum atomic E-state index is -1.07. The summed E-state index contributed by atoms with van der Waals surface area (Å²) in [5.74, 6) is -2.81. The molecule has 4 aromatic rings. The second-order valence-electron chi connectivity index (χ2n) is 11.2. The third-order valence-electron chi connectivity index (χ3n) is 7.82. The monoisotopic (exact) mass is 665 g/mol. The van der Waals surface area contributed by atoms with Gasteiger partial charge >= 0.3 is 6.09 Å². The molecule has 5 rings (SSSR count). The Labute approximate surface area is 273 Å². The van der Waals surface area contributed by atoms with E-state index in [9.17, 15) is 32.3 Å². The zero-order valence-electron chi connectivity index (χ0n) is 26.1. The first kappa shape index (κ1) is 33.8. The van der Waals surface area contributed by atoms with Crippen molar-refractivity contribution >= 4 is 34.5 Å². The van der Waals surface area contributed by atoms with E-state index >= 15 is 0 Å². The number of nitrogens with zero attached hydrogens (tertiary/aromatic N) is 2. The van der Waals surface area contributed by atoms with Gasteiger partial charge in [-0.15, -0.1) is 0 Å². The summed E-state index contributed by atoms with van der Waals surface area (Å²) in [6.07, 6.45) is 6.12. The third-order valence-corrected chi connectivity index (χ3v) is 7.82. The van der Waals surface area contributed by atoms with Gasteiger partial charge in [0, 0.05) is 48.1 Å². The lowest BCUT2D eigenvalue weighted by Gasteiger charge is -2.17. The number of likely N-dealkylation sites (tertiary alicyclic amines) is 1. The number of allylic oxidation sites excluding steroid dienone is 1. The smallest absolute Gasteiger partial charge is 0.407 e. The lowest BCUT2D eigenvalue weighted by atomic mass is 10.1. The van der Waals surface area contributed by atoms with E-state index in [4.69, 9.17) is 4.74 Å². The van der Waals surface area contributed by atoms with Crippen LogP contribution in [0.3, 0.4) is 0 Å². The molecule has 3 amide bonds. The number of hydrogen-bond acceptors (Lipinski definition) is 6. The Hall–Kier alpha value is -5.53. The summed E-state index contributed by atoms with van der Waals surface area (Å²) in [5.41, 5.74) is 0.385. The number of carbonyl (C=O) groups excluding carboxylic acids is 3. The standard InChI is InChI=1S/C34H34F3N5O6/c1-47-34(46)40-27(7-2-3-9-30(43)41-12-4-5-13-41)32(44)39-28-8-6-14-42(33(28)45)19-25-16-22-15-24(36)18-29(31(22)38-25)48-20-21-10-11-23(35)17-26(21)37/h3,6,8-11,14-18,27,38H,2,4-5,7,12-13,19-20H2,1H3,(H,39,44)(H,40,46)/b9-3+/t27-/m0/s1. The number of halogens is 3. The van der Waals surface area contributed by atoms with Gasteiger partial charge in [-0.05, 0) is 68.2 Å². The topological polar surface area (TPSA) is 135 Å². The van der Waals surface area contributed by atoms with E-state index in [1.165, 1.54) is 35.0 Å². The molecule has 0 saturated carbocycles. The summed E-state index contributed by atoms with van der Waals surface area (Å²) in [5, 5.41) is 5.46. The molecule has 1 saturated heterocycles. The summed E-state index contributed by atoms with van der Waals surface area (Å²) in [6.45, 7) is 1.15. The van der Waals surface area contributed by atoms with E-state index in [0.717, 1.165) is 38.2 Å². The van der Waals surface area contributed by atoms with Gasteiger partial charge in [-0.2, -0.15) is 0 Å². The number of rotatable bonds is 12. The van der Waals surface area contributed by atoms with Gasteiger partial charge in [0.25, 0.3) is 5.56 Å². The molecule has 0 radical (unpaired) electrons. The Morgan fingerprint density at radius 3 is 2.58 bits per heavy atom. The second kappa shape index (κ2) is 15.4. The molecule has 2 aromatic heterocycles. The van der Waals surface area contributed by atoms with Crippen molar-refractivity contribution in [2.45, 2.75) is 44.9 Å². The number of nitrogens with one attached hydrogen (secondary N) is 3. The number of aromatic amines is 1. The number of alkyl carbamates (subject to hydrolysis) is 1. The number of H-pyrrole nitrogens is 1. The van der Waals surface area contributed by atoms with Crippen LogP contribution in [0.1, 0.15) is 36.9 Å². The predicted octanol–water partition coefficient (Wildman–Crippen LogP) is 5.00. The van der Waals surface area contributed by atoms with Crippen LogP contribution < -0.4 is 20.9 Å². The maximum absolute atomic E-state index is 14.4. The number of hydrogen-bond donors (Lipinski definition) is 3. The van der Waals surface area contributed by atoms with Crippen molar-refractivity contribution < 1.29 is 37.0 Å². The number of amides is 3. The van der Waals surface area contributed by atoms with Gasteiger partial charge in [0.2, 0.25) is 11.8 Å².